The minimum absolute atomic E-state index is 0.135. The first kappa shape index (κ1) is 15.2. The molecule has 0 aliphatic carbocycles. The minimum Gasteiger partial charge on any atom is -0.481 e. The van der Waals surface area contributed by atoms with Crippen molar-refractivity contribution in [3.63, 3.8) is 0 Å². The van der Waals surface area contributed by atoms with Crippen LogP contribution in [0.15, 0.2) is 27.1 Å². The molecule has 2 N–H and O–H groups in total. The third-order valence-corrected chi connectivity index (χ3v) is 3.46. The van der Waals surface area contributed by atoms with E-state index >= 15 is 0 Å². The summed E-state index contributed by atoms with van der Waals surface area (Å²) in [6, 6.07) is 5.37. The highest BCUT2D eigenvalue weighted by Crippen LogP contribution is 2.21. The van der Waals surface area contributed by atoms with Crippen molar-refractivity contribution in [3.8, 4) is 0 Å². The van der Waals surface area contributed by atoms with Gasteiger partial charge in [0.1, 0.15) is 0 Å². The fourth-order valence-electron chi connectivity index (χ4n) is 1.37. The zero-order valence-electron chi connectivity index (χ0n) is 9.58. The monoisotopic (exact) mass is 377 g/mol. The van der Waals surface area contributed by atoms with Gasteiger partial charge in [-0.1, -0.05) is 15.9 Å². The Balaban J connectivity index is 2.41. The van der Waals surface area contributed by atoms with Gasteiger partial charge in [-0.3, -0.25) is 9.59 Å². The van der Waals surface area contributed by atoms with Crippen molar-refractivity contribution in [2.45, 2.75) is 19.3 Å². The van der Waals surface area contributed by atoms with E-state index in [1.807, 2.05) is 6.07 Å². The van der Waals surface area contributed by atoms with Crippen LogP contribution < -0.4 is 5.32 Å². The Kier molecular flexibility index (Phi) is 6.35. The Labute approximate surface area is 122 Å². The Morgan fingerprint density at radius 1 is 1.22 bits per heavy atom. The molecule has 0 fully saturated rings. The van der Waals surface area contributed by atoms with Crippen LogP contribution in [0.3, 0.4) is 0 Å². The number of carbonyl (C=O) groups excluding carboxylic acids is 1. The normalized spacial score (nSPS) is 10.1. The number of amides is 1. The number of carbonyl (C=O) groups is 2. The van der Waals surface area contributed by atoms with Crippen molar-refractivity contribution < 1.29 is 14.7 Å². The largest absolute Gasteiger partial charge is 0.481 e. The van der Waals surface area contributed by atoms with Gasteiger partial charge in [-0.2, -0.15) is 0 Å². The second-order valence-corrected chi connectivity index (χ2v) is 5.50. The second kappa shape index (κ2) is 7.53. The highest BCUT2D eigenvalue weighted by Gasteiger charge is 2.09. The molecule has 1 aromatic rings. The first-order valence-corrected chi connectivity index (χ1v) is 7.04. The van der Waals surface area contributed by atoms with Gasteiger partial charge in [0.2, 0.25) is 0 Å². The summed E-state index contributed by atoms with van der Waals surface area (Å²) in [7, 11) is 0. The summed E-state index contributed by atoms with van der Waals surface area (Å²) in [5.74, 6) is -0.977. The van der Waals surface area contributed by atoms with E-state index in [9.17, 15) is 9.59 Å². The summed E-state index contributed by atoms with van der Waals surface area (Å²) in [4.78, 5) is 22.1. The molecule has 18 heavy (non-hydrogen) atoms. The maximum Gasteiger partial charge on any atom is 0.303 e. The van der Waals surface area contributed by atoms with Crippen LogP contribution in [0.2, 0.25) is 0 Å². The predicted molar refractivity (Wildman–Crippen MR) is 75.7 cm³/mol. The molecule has 0 spiro atoms. The van der Waals surface area contributed by atoms with Crippen LogP contribution in [0, 0.1) is 0 Å². The molecule has 0 aliphatic rings. The molecule has 0 atom stereocenters. The lowest BCUT2D eigenvalue weighted by Crippen LogP contribution is -2.24. The van der Waals surface area contributed by atoms with E-state index in [4.69, 9.17) is 5.11 Å². The number of hydrogen-bond donors (Lipinski definition) is 2. The summed E-state index contributed by atoms with van der Waals surface area (Å²) in [6.45, 7) is 0.477. The molecule has 1 amide bonds. The molecule has 6 heteroatoms. The van der Waals surface area contributed by atoms with Crippen molar-refractivity contribution in [1.29, 1.82) is 0 Å². The van der Waals surface area contributed by atoms with Gasteiger partial charge in [0.25, 0.3) is 5.91 Å². The van der Waals surface area contributed by atoms with Crippen LogP contribution in [0.25, 0.3) is 0 Å². The summed E-state index contributed by atoms with van der Waals surface area (Å²) < 4.78 is 1.57. The molecule has 0 aromatic heterocycles. The van der Waals surface area contributed by atoms with Crippen LogP contribution >= 0.6 is 31.9 Å². The summed E-state index contributed by atoms with van der Waals surface area (Å²) in [5, 5.41) is 11.2. The first-order valence-electron chi connectivity index (χ1n) is 5.45. The van der Waals surface area contributed by atoms with Crippen LogP contribution in [0.1, 0.15) is 29.6 Å². The number of halogens is 2. The van der Waals surface area contributed by atoms with Gasteiger partial charge in [-0.15, -0.1) is 0 Å². The molecule has 0 heterocycles. The third kappa shape index (κ3) is 5.18. The molecule has 0 bridgehead atoms. The van der Waals surface area contributed by atoms with Crippen molar-refractivity contribution in [3.05, 3.63) is 32.7 Å². The van der Waals surface area contributed by atoms with Crippen molar-refractivity contribution in [1.82, 2.24) is 5.32 Å². The lowest BCUT2D eigenvalue weighted by Gasteiger charge is -2.07. The Bertz CT molecular complexity index is 449. The Morgan fingerprint density at radius 3 is 2.61 bits per heavy atom. The summed E-state index contributed by atoms with van der Waals surface area (Å²) >= 11 is 6.62. The van der Waals surface area contributed by atoms with E-state index in [1.54, 1.807) is 12.1 Å². The minimum atomic E-state index is -0.809. The maximum absolute atomic E-state index is 11.8. The van der Waals surface area contributed by atoms with E-state index in [0.717, 1.165) is 8.95 Å². The number of aliphatic carboxylic acids is 1. The van der Waals surface area contributed by atoms with E-state index in [1.165, 1.54) is 0 Å². The molecule has 0 saturated carbocycles. The van der Waals surface area contributed by atoms with Crippen molar-refractivity contribution in [2.24, 2.45) is 0 Å². The average molecular weight is 379 g/mol. The molecule has 0 radical (unpaired) electrons. The SMILES string of the molecule is O=C(O)CCCCNC(=O)c1cc(Br)ccc1Br. The number of unbranched alkanes of at least 4 members (excludes halogenated alkanes) is 1. The topological polar surface area (TPSA) is 66.4 Å². The average Bonchev–Trinajstić information content (AvgIpc) is 2.31. The quantitative estimate of drug-likeness (QED) is 0.747. The van der Waals surface area contributed by atoms with E-state index < -0.39 is 5.97 Å². The number of carboxylic acids is 1. The van der Waals surface area contributed by atoms with Gasteiger partial charge in [0.15, 0.2) is 0 Å². The number of rotatable bonds is 6. The summed E-state index contributed by atoms with van der Waals surface area (Å²) in [5.41, 5.74) is 0.558. The van der Waals surface area contributed by atoms with Crippen molar-refractivity contribution in [2.75, 3.05) is 6.54 Å². The standard InChI is InChI=1S/C12H13Br2NO3/c13-8-4-5-10(14)9(7-8)12(18)15-6-2-1-3-11(16)17/h4-5,7H,1-3,6H2,(H,15,18)(H,16,17). The van der Waals surface area contributed by atoms with E-state index in [0.29, 0.717) is 24.9 Å². The van der Waals surface area contributed by atoms with Crippen LogP contribution in [0.4, 0.5) is 0 Å². The van der Waals surface area contributed by atoms with Crippen molar-refractivity contribution >= 4 is 43.7 Å². The molecule has 0 saturated heterocycles. The molecular weight excluding hydrogens is 366 g/mol. The number of carboxylic acid groups (broad SMARTS) is 1. The number of benzene rings is 1. The number of hydrogen-bond acceptors (Lipinski definition) is 2. The second-order valence-electron chi connectivity index (χ2n) is 3.73. The Hall–Kier alpha value is -0.880. The van der Waals surface area contributed by atoms with Gasteiger partial charge in [-0.05, 0) is 47.0 Å². The maximum atomic E-state index is 11.8. The summed E-state index contributed by atoms with van der Waals surface area (Å²) in [6.07, 6.45) is 1.36. The van der Waals surface area contributed by atoms with Gasteiger partial charge in [-0.25, -0.2) is 0 Å². The fraction of sp³-hybridized carbons (Fsp3) is 0.333. The fourth-order valence-corrected chi connectivity index (χ4v) is 2.16. The van der Waals surface area contributed by atoms with Crippen LogP contribution in [0.5, 0.6) is 0 Å². The van der Waals surface area contributed by atoms with Gasteiger partial charge in [0.05, 0.1) is 5.56 Å². The third-order valence-electron chi connectivity index (χ3n) is 2.28. The van der Waals surface area contributed by atoms with Gasteiger partial charge >= 0.3 is 5.97 Å². The first-order chi connectivity index (χ1) is 8.50. The lowest BCUT2D eigenvalue weighted by atomic mass is 10.2. The van der Waals surface area contributed by atoms with Crippen LogP contribution in [-0.2, 0) is 4.79 Å². The zero-order chi connectivity index (χ0) is 13.5. The molecule has 0 unspecified atom stereocenters. The molecule has 98 valence electrons. The smallest absolute Gasteiger partial charge is 0.303 e. The molecule has 0 aliphatic heterocycles. The lowest BCUT2D eigenvalue weighted by molar-refractivity contribution is -0.137. The van der Waals surface area contributed by atoms with E-state index in [2.05, 4.69) is 37.2 Å². The predicted octanol–water partition coefficient (Wildman–Crippen LogP) is 3.20. The molecule has 1 aromatic carbocycles. The zero-order valence-corrected chi connectivity index (χ0v) is 12.8. The van der Waals surface area contributed by atoms with Gasteiger partial charge in [0, 0.05) is 21.9 Å². The molecule has 4 nitrogen and oxygen atoms in total. The van der Waals surface area contributed by atoms with Gasteiger partial charge < -0.3 is 10.4 Å². The molecular formula is C12H13Br2NO3. The molecule has 1 rings (SSSR count). The highest BCUT2D eigenvalue weighted by atomic mass is 79.9. The van der Waals surface area contributed by atoms with Crippen LogP contribution in [-0.4, -0.2) is 23.5 Å². The number of nitrogens with one attached hydrogen (secondary N) is 1. The highest BCUT2D eigenvalue weighted by molar-refractivity contribution is 9.11. The Morgan fingerprint density at radius 2 is 1.94 bits per heavy atom. The van der Waals surface area contributed by atoms with E-state index in [-0.39, 0.29) is 12.3 Å².